The van der Waals surface area contributed by atoms with Gasteiger partial charge in [-0.3, -0.25) is 29.4 Å². The third-order valence-corrected chi connectivity index (χ3v) is 7.41. The molecule has 3 N–H and O–H groups in total. The van der Waals surface area contributed by atoms with Gasteiger partial charge in [0.1, 0.15) is 5.54 Å². The van der Waals surface area contributed by atoms with Crippen LogP contribution in [-0.2, 0) is 31.3 Å². The van der Waals surface area contributed by atoms with Crippen molar-refractivity contribution in [1.82, 2.24) is 10.2 Å². The van der Waals surface area contributed by atoms with Crippen LogP contribution in [0.5, 0.6) is 11.5 Å². The molecule has 180 valence electrons. The lowest BCUT2D eigenvalue weighted by Gasteiger charge is -2.29. The molecule has 2 saturated heterocycles. The van der Waals surface area contributed by atoms with E-state index < -0.39 is 47.1 Å². The summed E-state index contributed by atoms with van der Waals surface area (Å²) in [4.78, 5) is 53.4. The minimum absolute atomic E-state index is 0.0192. The van der Waals surface area contributed by atoms with Gasteiger partial charge < -0.3 is 19.9 Å². The monoisotopic (exact) mass is 477 g/mol. The molecule has 4 heterocycles. The van der Waals surface area contributed by atoms with Crippen molar-refractivity contribution in [2.24, 2.45) is 11.8 Å². The van der Waals surface area contributed by atoms with Crippen LogP contribution < -0.4 is 20.1 Å². The highest BCUT2D eigenvalue weighted by Crippen LogP contribution is 2.54. The van der Waals surface area contributed by atoms with Crippen molar-refractivity contribution in [3.63, 3.8) is 0 Å². The second-order valence-electron chi connectivity index (χ2n) is 9.45. The van der Waals surface area contributed by atoms with E-state index in [1.54, 1.807) is 24.3 Å². The first-order chi connectivity index (χ1) is 16.8. The Labute approximate surface area is 200 Å². The number of ether oxygens (including phenoxy) is 2. The number of hydrogen-bond acceptors (Lipinski definition) is 7. The number of nitrogens with zero attached hydrogens (tertiary/aromatic N) is 1. The zero-order chi connectivity index (χ0) is 24.5. The third kappa shape index (κ3) is 3.06. The minimum Gasteiger partial charge on any atom is -0.481 e. The second-order valence-corrected chi connectivity index (χ2v) is 9.45. The average Bonchev–Trinajstić information content (AvgIpc) is 3.55. The van der Waals surface area contributed by atoms with Gasteiger partial charge in [-0.2, -0.15) is 0 Å². The van der Waals surface area contributed by atoms with Crippen molar-refractivity contribution in [3.05, 3.63) is 53.1 Å². The third-order valence-electron chi connectivity index (χ3n) is 7.41. The van der Waals surface area contributed by atoms with E-state index in [0.29, 0.717) is 28.3 Å². The number of benzene rings is 2. The normalized spacial score (nSPS) is 28.0. The van der Waals surface area contributed by atoms with Gasteiger partial charge in [0.25, 0.3) is 0 Å². The Bertz CT molecular complexity index is 1310. The molecule has 4 aliphatic heterocycles. The molecule has 10 nitrogen and oxygen atoms in total. The molecule has 2 aromatic carbocycles. The summed E-state index contributed by atoms with van der Waals surface area (Å²) in [5.41, 5.74) is 1.35. The van der Waals surface area contributed by atoms with E-state index in [1.165, 1.54) is 4.90 Å². The number of imide groups is 1. The van der Waals surface area contributed by atoms with E-state index in [4.69, 9.17) is 9.47 Å². The zero-order valence-electron chi connectivity index (χ0n) is 18.9. The van der Waals surface area contributed by atoms with Crippen LogP contribution in [0.2, 0.25) is 0 Å². The van der Waals surface area contributed by atoms with Crippen molar-refractivity contribution in [1.29, 1.82) is 0 Å². The Kier molecular flexibility index (Phi) is 4.65. The van der Waals surface area contributed by atoms with Gasteiger partial charge in [-0.15, -0.1) is 0 Å². The topological polar surface area (TPSA) is 134 Å². The van der Waals surface area contributed by atoms with Crippen LogP contribution in [-0.4, -0.2) is 46.5 Å². The van der Waals surface area contributed by atoms with Gasteiger partial charge in [-0.25, -0.2) is 0 Å². The van der Waals surface area contributed by atoms with Crippen LogP contribution in [0.25, 0.3) is 0 Å². The predicted molar refractivity (Wildman–Crippen MR) is 120 cm³/mol. The van der Waals surface area contributed by atoms with E-state index in [9.17, 15) is 24.3 Å². The Hall–Kier alpha value is -3.92. The maximum atomic E-state index is 13.8. The maximum Gasteiger partial charge on any atom is 0.303 e. The highest BCUT2D eigenvalue weighted by molar-refractivity contribution is 6.15. The average molecular weight is 477 g/mol. The van der Waals surface area contributed by atoms with E-state index in [1.807, 2.05) is 19.1 Å². The number of carbonyl (C=O) groups excluding carboxylic acids is 3. The lowest BCUT2D eigenvalue weighted by Crippen LogP contribution is -2.53. The van der Waals surface area contributed by atoms with Gasteiger partial charge in [-0.05, 0) is 37.1 Å². The van der Waals surface area contributed by atoms with Crippen molar-refractivity contribution >= 4 is 29.4 Å². The number of aryl methyl sites for hydroxylation is 1. The largest absolute Gasteiger partial charge is 0.481 e. The van der Waals surface area contributed by atoms with Crippen LogP contribution in [0.3, 0.4) is 0 Å². The molecule has 0 saturated carbocycles. The van der Waals surface area contributed by atoms with Gasteiger partial charge in [0, 0.05) is 23.7 Å². The van der Waals surface area contributed by atoms with Gasteiger partial charge in [-0.1, -0.05) is 23.8 Å². The Morgan fingerprint density at radius 2 is 1.91 bits per heavy atom. The van der Waals surface area contributed by atoms with Crippen LogP contribution in [0.4, 0.5) is 5.69 Å². The summed E-state index contributed by atoms with van der Waals surface area (Å²) < 4.78 is 10.7. The molecule has 4 atom stereocenters. The summed E-state index contributed by atoms with van der Waals surface area (Å²) in [6.07, 6.45) is -0.0769. The summed E-state index contributed by atoms with van der Waals surface area (Å²) in [7, 11) is 0. The molecule has 2 aromatic rings. The van der Waals surface area contributed by atoms with Gasteiger partial charge >= 0.3 is 5.97 Å². The predicted octanol–water partition coefficient (Wildman–Crippen LogP) is 1.51. The summed E-state index contributed by atoms with van der Waals surface area (Å²) >= 11 is 0. The molecule has 2 fully saturated rings. The molecule has 6 rings (SSSR count). The van der Waals surface area contributed by atoms with Crippen molar-refractivity contribution in [3.8, 4) is 11.5 Å². The molecular weight excluding hydrogens is 454 g/mol. The molecule has 0 radical (unpaired) electrons. The first kappa shape index (κ1) is 21.6. The van der Waals surface area contributed by atoms with Crippen molar-refractivity contribution in [2.45, 2.75) is 37.9 Å². The highest BCUT2D eigenvalue weighted by atomic mass is 16.7. The number of amides is 3. The summed E-state index contributed by atoms with van der Waals surface area (Å²) in [6, 6.07) is 10.1. The smallest absolute Gasteiger partial charge is 0.303 e. The molecule has 4 aliphatic rings. The molecule has 0 unspecified atom stereocenters. The standard InChI is InChI=1S/C25H23N3O7/c1-12-2-4-15-14(8-12)25(24(33)26-15)21-20(16(27-25)5-7-19(29)30)22(31)28(23(21)32)10-13-3-6-17-18(9-13)35-11-34-17/h2-4,6,8-9,16,20-21,27H,5,7,10-11H2,1H3,(H,26,33)(H,29,30)/t16-,20-,21-,25-/m1/s1. The fraction of sp³-hybridized carbons (Fsp3) is 0.360. The SMILES string of the molecule is Cc1ccc2c(c1)[C@]1(N[C@H](CCC(=O)O)[C@H]3C(=O)N(Cc4ccc5c(c4)OCO5)C(=O)[C@@H]31)C(=O)N2. The van der Waals surface area contributed by atoms with Crippen LogP contribution in [0, 0.1) is 18.8 Å². The fourth-order valence-corrected chi connectivity index (χ4v) is 5.88. The quantitative estimate of drug-likeness (QED) is 0.552. The van der Waals surface area contributed by atoms with Gasteiger partial charge in [0.2, 0.25) is 24.5 Å². The number of carbonyl (C=O) groups is 4. The van der Waals surface area contributed by atoms with E-state index in [-0.39, 0.29) is 26.2 Å². The number of aliphatic carboxylic acids is 1. The first-order valence-electron chi connectivity index (χ1n) is 11.5. The molecule has 1 spiro atoms. The van der Waals surface area contributed by atoms with Gasteiger partial charge in [0.05, 0.1) is 18.4 Å². The summed E-state index contributed by atoms with van der Waals surface area (Å²) in [5.74, 6) is -2.98. The molecule has 0 aromatic heterocycles. The lowest BCUT2D eigenvalue weighted by atomic mass is 9.76. The molecule has 0 bridgehead atoms. The van der Waals surface area contributed by atoms with E-state index in [0.717, 1.165) is 5.56 Å². The van der Waals surface area contributed by atoms with Crippen LogP contribution >= 0.6 is 0 Å². The number of carboxylic acid groups (broad SMARTS) is 1. The summed E-state index contributed by atoms with van der Waals surface area (Å²) in [6.45, 7) is 2.02. The number of fused-ring (bicyclic) bond motifs is 5. The number of anilines is 1. The minimum atomic E-state index is -1.44. The van der Waals surface area contributed by atoms with Crippen molar-refractivity contribution < 1.29 is 33.8 Å². The molecule has 10 heteroatoms. The van der Waals surface area contributed by atoms with E-state index in [2.05, 4.69) is 10.6 Å². The Balaban J connectivity index is 1.40. The van der Waals surface area contributed by atoms with Gasteiger partial charge in [0.15, 0.2) is 11.5 Å². The zero-order valence-corrected chi connectivity index (χ0v) is 18.9. The number of carboxylic acids is 1. The van der Waals surface area contributed by atoms with E-state index >= 15 is 0 Å². The van der Waals surface area contributed by atoms with Crippen molar-refractivity contribution in [2.75, 3.05) is 12.1 Å². The fourth-order valence-electron chi connectivity index (χ4n) is 5.88. The van der Waals surface area contributed by atoms with Crippen LogP contribution in [0.15, 0.2) is 36.4 Å². The number of rotatable bonds is 5. The number of likely N-dealkylation sites (tertiary alicyclic amines) is 1. The Morgan fingerprint density at radius 3 is 2.71 bits per heavy atom. The number of nitrogens with one attached hydrogen (secondary N) is 2. The Morgan fingerprint density at radius 1 is 1.11 bits per heavy atom. The maximum absolute atomic E-state index is 13.8. The summed E-state index contributed by atoms with van der Waals surface area (Å²) in [5, 5.41) is 15.4. The molecule has 3 amide bonds. The molecule has 35 heavy (non-hydrogen) atoms. The number of hydrogen-bond donors (Lipinski definition) is 3. The van der Waals surface area contributed by atoms with Crippen LogP contribution in [0.1, 0.15) is 29.5 Å². The first-order valence-corrected chi connectivity index (χ1v) is 11.5. The lowest BCUT2D eigenvalue weighted by molar-refractivity contribution is -0.144. The molecule has 0 aliphatic carbocycles. The highest BCUT2D eigenvalue weighted by Gasteiger charge is 2.70. The molecular formula is C25H23N3O7. The second kappa shape index (κ2) is 7.54.